The van der Waals surface area contributed by atoms with Gasteiger partial charge in [-0.15, -0.1) is 0 Å². The van der Waals surface area contributed by atoms with E-state index in [9.17, 15) is 0 Å². The van der Waals surface area contributed by atoms with Gasteiger partial charge in [-0.25, -0.2) is 0 Å². The number of halogens is 3. The van der Waals surface area contributed by atoms with Crippen molar-refractivity contribution in [2.24, 2.45) is 0 Å². The van der Waals surface area contributed by atoms with E-state index < -0.39 is 0 Å². The molecule has 0 saturated heterocycles. The Hall–Kier alpha value is -0.710. The Kier molecular flexibility index (Phi) is 5.97. The Morgan fingerprint density at radius 3 is 2.48 bits per heavy atom. The van der Waals surface area contributed by atoms with Crippen molar-refractivity contribution in [2.75, 3.05) is 13.7 Å². The quantitative estimate of drug-likeness (QED) is 0.538. The predicted octanol–water partition coefficient (Wildman–Crippen LogP) is 5.99. The molecule has 1 unspecified atom stereocenters. The van der Waals surface area contributed by atoms with E-state index >= 15 is 0 Å². The van der Waals surface area contributed by atoms with Gasteiger partial charge in [0, 0.05) is 10.6 Å². The van der Waals surface area contributed by atoms with E-state index in [1.165, 1.54) is 0 Å². The zero-order valence-electron chi connectivity index (χ0n) is 11.7. The first-order valence-corrected chi connectivity index (χ1v) is 8.55. The summed E-state index contributed by atoms with van der Waals surface area (Å²) in [5.41, 5.74) is 2.08. The molecular formula is C16H15Br2ClO2. The smallest absolute Gasteiger partial charge is 0.133 e. The zero-order chi connectivity index (χ0) is 15.4. The predicted molar refractivity (Wildman–Crippen MR) is 94.1 cm³/mol. The number of methoxy groups -OCH3 is 1. The van der Waals surface area contributed by atoms with E-state index in [0.29, 0.717) is 11.6 Å². The lowest BCUT2D eigenvalue weighted by molar-refractivity contribution is 0.338. The van der Waals surface area contributed by atoms with Gasteiger partial charge in [0.1, 0.15) is 11.5 Å². The van der Waals surface area contributed by atoms with Crippen molar-refractivity contribution < 1.29 is 9.47 Å². The van der Waals surface area contributed by atoms with E-state index in [-0.39, 0.29) is 4.83 Å². The number of benzene rings is 2. The fourth-order valence-electron chi connectivity index (χ4n) is 2.03. The third kappa shape index (κ3) is 3.93. The van der Waals surface area contributed by atoms with Gasteiger partial charge >= 0.3 is 0 Å². The molecule has 21 heavy (non-hydrogen) atoms. The molecular weight excluding hydrogens is 419 g/mol. The van der Waals surface area contributed by atoms with Crippen LogP contribution in [0.4, 0.5) is 0 Å². The van der Waals surface area contributed by atoms with Crippen molar-refractivity contribution in [1.29, 1.82) is 0 Å². The highest BCUT2D eigenvalue weighted by atomic mass is 79.9. The van der Waals surface area contributed by atoms with Crippen molar-refractivity contribution in [3.05, 3.63) is 57.0 Å². The highest BCUT2D eigenvalue weighted by Crippen LogP contribution is 2.40. The molecule has 2 rings (SSSR count). The molecule has 0 radical (unpaired) electrons. The molecule has 0 aliphatic heterocycles. The van der Waals surface area contributed by atoms with E-state index in [2.05, 4.69) is 31.9 Å². The van der Waals surface area contributed by atoms with Gasteiger partial charge in [-0.05, 0) is 58.7 Å². The third-order valence-corrected chi connectivity index (χ3v) is 4.89. The average molecular weight is 435 g/mol. The van der Waals surface area contributed by atoms with E-state index in [0.717, 1.165) is 27.1 Å². The number of alkyl halides is 1. The minimum atomic E-state index is -0.0156. The first kappa shape index (κ1) is 16.7. The molecule has 0 spiro atoms. The van der Waals surface area contributed by atoms with Gasteiger partial charge in [0.25, 0.3) is 0 Å². The third-order valence-electron chi connectivity index (χ3n) is 3.01. The van der Waals surface area contributed by atoms with Crippen LogP contribution in [0.3, 0.4) is 0 Å². The lowest BCUT2D eigenvalue weighted by Gasteiger charge is -2.16. The molecule has 2 aromatic carbocycles. The fraction of sp³-hybridized carbons (Fsp3) is 0.250. The maximum Gasteiger partial charge on any atom is 0.133 e. The van der Waals surface area contributed by atoms with Crippen molar-refractivity contribution >= 4 is 43.5 Å². The van der Waals surface area contributed by atoms with Crippen LogP contribution in [0.15, 0.2) is 40.9 Å². The molecule has 112 valence electrons. The van der Waals surface area contributed by atoms with Gasteiger partial charge in [0.15, 0.2) is 0 Å². The summed E-state index contributed by atoms with van der Waals surface area (Å²) in [5.74, 6) is 1.63. The summed E-state index contributed by atoms with van der Waals surface area (Å²) in [4.78, 5) is -0.0156. The number of ether oxygens (including phenoxy) is 2. The average Bonchev–Trinajstić information content (AvgIpc) is 2.48. The number of hydrogen-bond acceptors (Lipinski definition) is 2. The molecule has 0 aliphatic carbocycles. The normalized spacial score (nSPS) is 12.0. The second kappa shape index (κ2) is 7.52. The lowest BCUT2D eigenvalue weighted by atomic mass is 10.0. The van der Waals surface area contributed by atoms with E-state index in [4.69, 9.17) is 21.1 Å². The number of rotatable bonds is 5. The highest BCUT2D eigenvalue weighted by molar-refractivity contribution is 9.10. The van der Waals surface area contributed by atoms with Crippen molar-refractivity contribution in [3.63, 3.8) is 0 Å². The maximum absolute atomic E-state index is 6.10. The SMILES string of the molecule is CCOc1ccc(C(Br)c2cc(Cl)ccc2OC)cc1Br. The first-order chi connectivity index (χ1) is 10.1. The van der Waals surface area contributed by atoms with Crippen LogP contribution in [-0.4, -0.2) is 13.7 Å². The van der Waals surface area contributed by atoms with Crippen LogP contribution < -0.4 is 9.47 Å². The topological polar surface area (TPSA) is 18.5 Å². The zero-order valence-corrected chi connectivity index (χ0v) is 15.6. The largest absolute Gasteiger partial charge is 0.496 e. The maximum atomic E-state index is 6.10. The van der Waals surface area contributed by atoms with Crippen LogP contribution in [-0.2, 0) is 0 Å². The molecule has 0 amide bonds. The Labute approximate surface area is 146 Å². The lowest BCUT2D eigenvalue weighted by Crippen LogP contribution is -1.98. The summed E-state index contributed by atoms with van der Waals surface area (Å²) in [6.45, 7) is 2.60. The summed E-state index contributed by atoms with van der Waals surface area (Å²) in [6, 6.07) is 11.6. The Morgan fingerprint density at radius 1 is 1.14 bits per heavy atom. The van der Waals surface area contributed by atoms with Crippen molar-refractivity contribution in [3.8, 4) is 11.5 Å². The monoisotopic (exact) mass is 432 g/mol. The Morgan fingerprint density at radius 2 is 1.86 bits per heavy atom. The minimum absolute atomic E-state index is 0.0156. The van der Waals surface area contributed by atoms with Crippen LogP contribution in [0.25, 0.3) is 0 Å². The second-order valence-electron chi connectivity index (χ2n) is 4.37. The van der Waals surface area contributed by atoms with Crippen molar-refractivity contribution in [1.82, 2.24) is 0 Å². The summed E-state index contributed by atoms with van der Waals surface area (Å²) in [6.07, 6.45) is 0. The van der Waals surface area contributed by atoms with Gasteiger partial charge in [-0.3, -0.25) is 0 Å². The van der Waals surface area contributed by atoms with Crippen LogP contribution in [0.1, 0.15) is 22.9 Å². The summed E-state index contributed by atoms with van der Waals surface area (Å²) in [7, 11) is 1.65. The molecule has 0 aliphatic rings. The molecule has 2 nitrogen and oxygen atoms in total. The molecule has 0 fully saturated rings. The standard InChI is InChI=1S/C16H15Br2ClO2/c1-3-21-15-6-4-10(8-13(15)17)16(18)12-9-11(19)5-7-14(12)20-2/h4-9,16H,3H2,1-2H3. The van der Waals surface area contributed by atoms with Crippen LogP contribution in [0.2, 0.25) is 5.02 Å². The highest BCUT2D eigenvalue weighted by Gasteiger charge is 2.17. The van der Waals surface area contributed by atoms with Crippen LogP contribution in [0.5, 0.6) is 11.5 Å². The Bertz CT molecular complexity index is 632. The molecule has 0 saturated carbocycles. The van der Waals surface area contributed by atoms with Crippen LogP contribution in [0, 0.1) is 0 Å². The summed E-state index contributed by atoms with van der Waals surface area (Å²) < 4.78 is 11.9. The Balaban J connectivity index is 2.38. The molecule has 2 aromatic rings. The van der Waals surface area contributed by atoms with Gasteiger partial charge in [-0.1, -0.05) is 33.6 Å². The summed E-state index contributed by atoms with van der Waals surface area (Å²) >= 11 is 13.4. The molecule has 0 aromatic heterocycles. The van der Waals surface area contributed by atoms with E-state index in [1.807, 2.05) is 43.3 Å². The molecule has 0 heterocycles. The molecule has 1 atom stereocenters. The van der Waals surface area contributed by atoms with Gasteiger partial charge in [0.2, 0.25) is 0 Å². The summed E-state index contributed by atoms with van der Waals surface area (Å²) in [5, 5.41) is 0.681. The van der Waals surface area contributed by atoms with Crippen LogP contribution >= 0.6 is 43.5 Å². The van der Waals surface area contributed by atoms with Gasteiger partial charge in [-0.2, -0.15) is 0 Å². The van der Waals surface area contributed by atoms with Gasteiger partial charge < -0.3 is 9.47 Å². The van der Waals surface area contributed by atoms with Crippen molar-refractivity contribution in [2.45, 2.75) is 11.8 Å². The number of hydrogen-bond donors (Lipinski definition) is 0. The molecule has 0 bridgehead atoms. The fourth-order valence-corrected chi connectivity index (χ4v) is 3.36. The second-order valence-corrected chi connectivity index (χ2v) is 6.58. The molecule has 0 N–H and O–H groups in total. The minimum Gasteiger partial charge on any atom is -0.496 e. The van der Waals surface area contributed by atoms with E-state index in [1.54, 1.807) is 7.11 Å². The first-order valence-electron chi connectivity index (χ1n) is 6.46. The van der Waals surface area contributed by atoms with Gasteiger partial charge in [0.05, 0.1) is 23.0 Å². The molecule has 5 heteroatoms.